The number of nitrogens with zero attached hydrogens (tertiary/aromatic N) is 1. The molecule has 1 rings (SSSR count). The zero-order valence-corrected chi connectivity index (χ0v) is 11.1. The van der Waals surface area contributed by atoms with E-state index in [1.165, 1.54) is 0 Å². The number of carbonyl (C=O) groups is 1. The van der Waals surface area contributed by atoms with E-state index in [-0.39, 0.29) is 5.91 Å². The molecule has 1 amide bonds. The summed E-state index contributed by atoms with van der Waals surface area (Å²) < 4.78 is 5.17. The van der Waals surface area contributed by atoms with Crippen LogP contribution in [0.5, 0.6) is 0 Å². The minimum atomic E-state index is -0.0730. The number of ether oxygens (including phenoxy) is 1. The molecule has 1 heterocycles. The summed E-state index contributed by atoms with van der Waals surface area (Å²) in [6, 6.07) is 3.50. The van der Waals surface area contributed by atoms with Gasteiger partial charge in [-0.3, -0.25) is 4.79 Å². The highest BCUT2D eigenvalue weighted by molar-refractivity contribution is 5.89. The molecule has 1 aromatic rings. The van der Waals surface area contributed by atoms with Crippen LogP contribution in [0.15, 0.2) is 18.3 Å². The fraction of sp³-hybridized carbons (Fsp3) is 0.429. The second-order valence-corrected chi connectivity index (χ2v) is 3.78. The SMILES string of the molecule is CCOCCCC(=O)Nc1cc(C#CCN)ccn1. The molecule has 5 nitrogen and oxygen atoms in total. The minimum Gasteiger partial charge on any atom is -0.382 e. The van der Waals surface area contributed by atoms with Crippen molar-refractivity contribution in [3.8, 4) is 11.8 Å². The first-order chi connectivity index (χ1) is 9.26. The third kappa shape index (κ3) is 6.55. The number of carbonyl (C=O) groups excluding carboxylic acids is 1. The second-order valence-electron chi connectivity index (χ2n) is 3.78. The van der Waals surface area contributed by atoms with Crippen molar-refractivity contribution in [3.05, 3.63) is 23.9 Å². The van der Waals surface area contributed by atoms with E-state index >= 15 is 0 Å². The van der Waals surface area contributed by atoms with Gasteiger partial charge in [-0.1, -0.05) is 11.8 Å². The Bertz CT molecular complexity index is 463. The van der Waals surface area contributed by atoms with Gasteiger partial charge in [-0.25, -0.2) is 4.98 Å². The van der Waals surface area contributed by atoms with Crippen molar-refractivity contribution >= 4 is 11.7 Å². The first-order valence-electron chi connectivity index (χ1n) is 6.29. The van der Waals surface area contributed by atoms with E-state index in [1.807, 2.05) is 6.92 Å². The maximum atomic E-state index is 11.6. The molecule has 0 fully saturated rings. The summed E-state index contributed by atoms with van der Waals surface area (Å²) in [6.45, 7) is 3.50. The molecule has 19 heavy (non-hydrogen) atoms. The average molecular weight is 261 g/mol. The van der Waals surface area contributed by atoms with Crippen LogP contribution in [0.3, 0.4) is 0 Å². The summed E-state index contributed by atoms with van der Waals surface area (Å²) in [5.41, 5.74) is 6.09. The number of anilines is 1. The van der Waals surface area contributed by atoms with Crippen LogP contribution in [0.2, 0.25) is 0 Å². The predicted molar refractivity (Wildman–Crippen MR) is 74.5 cm³/mol. The van der Waals surface area contributed by atoms with Gasteiger partial charge in [0, 0.05) is 31.4 Å². The molecule has 0 radical (unpaired) electrons. The Labute approximate surface area is 113 Å². The van der Waals surface area contributed by atoms with Crippen LogP contribution in [0.25, 0.3) is 0 Å². The lowest BCUT2D eigenvalue weighted by Gasteiger charge is -2.04. The normalized spacial score (nSPS) is 9.58. The van der Waals surface area contributed by atoms with E-state index in [0.717, 1.165) is 5.56 Å². The fourth-order valence-corrected chi connectivity index (χ4v) is 1.41. The van der Waals surface area contributed by atoms with Crippen molar-refractivity contribution in [3.63, 3.8) is 0 Å². The molecule has 1 aromatic heterocycles. The Hall–Kier alpha value is -1.90. The number of pyridine rings is 1. The van der Waals surface area contributed by atoms with Crippen LogP contribution in [0, 0.1) is 11.8 Å². The van der Waals surface area contributed by atoms with Gasteiger partial charge < -0.3 is 15.8 Å². The quantitative estimate of drug-likeness (QED) is 0.595. The first kappa shape index (κ1) is 15.2. The molecule has 0 atom stereocenters. The molecule has 0 unspecified atom stereocenters. The van der Waals surface area contributed by atoms with Crippen molar-refractivity contribution in [1.29, 1.82) is 0 Å². The molecule has 0 aromatic carbocycles. The summed E-state index contributed by atoms with van der Waals surface area (Å²) in [5, 5.41) is 2.73. The highest BCUT2D eigenvalue weighted by Crippen LogP contribution is 2.06. The highest BCUT2D eigenvalue weighted by Gasteiger charge is 2.03. The number of hydrogen-bond acceptors (Lipinski definition) is 4. The number of amides is 1. The fourth-order valence-electron chi connectivity index (χ4n) is 1.41. The van der Waals surface area contributed by atoms with Crippen LogP contribution in [0.1, 0.15) is 25.3 Å². The number of nitrogens with one attached hydrogen (secondary N) is 1. The molecule has 5 heteroatoms. The summed E-state index contributed by atoms with van der Waals surface area (Å²) in [5.74, 6) is 6.08. The van der Waals surface area contributed by atoms with Crippen LogP contribution in [0.4, 0.5) is 5.82 Å². The summed E-state index contributed by atoms with van der Waals surface area (Å²) in [4.78, 5) is 15.7. The number of nitrogens with two attached hydrogens (primary N) is 1. The molecule has 3 N–H and O–H groups in total. The number of aromatic nitrogens is 1. The summed E-state index contributed by atoms with van der Waals surface area (Å²) in [6.07, 6.45) is 2.73. The number of hydrogen-bond donors (Lipinski definition) is 2. The molecule has 0 aliphatic carbocycles. The second kappa shape index (κ2) is 9.09. The summed E-state index contributed by atoms with van der Waals surface area (Å²) in [7, 11) is 0. The lowest BCUT2D eigenvalue weighted by atomic mass is 10.2. The lowest BCUT2D eigenvalue weighted by Crippen LogP contribution is -2.13. The maximum absolute atomic E-state index is 11.6. The van der Waals surface area contributed by atoms with Gasteiger partial charge in [-0.2, -0.15) is 0 Å². The zero-order chi connectivity index (χ0) is 13.9. The van der Waals surface area contributed by atoms with Gasteiger partial charge in [-0.15, -0.1) is 0 Å². The van der Waals surface area contributed by atoms with Gasteiger partial charge in [0.25, 0.3) is 0 Å². The van der Waals surface area contributed by atoms with Gasteiger partial charge >= 0.3 is 0 Å². The van der Waals surface area contributed by atoms with Crippen LogP contribution in [-0.2, 0) is 9.53 Å². The standard InChI is InChI=1S/C14H19N3O2/c1-2-19-10-4-6-14(18)17-13-11-12(5-3-8-15)7-9-16-13/h7,9,11H,2,4,6,8,10,15H2,1H3,(H,16,17,18). The van der Waals surface area contributed by atoms with Crippen molar-refractivity contribution in [2.24, 2.45) is 5.73 Å². The Morgan fingerprint density at radius 2 is 2.42 bits per heavy atom. The van der Waals surface area contributed by atoms with Crippen LogP contribution in [-0.4, -0.2) is 30.6 Å². The summed E-state index contributed by atoms with van der Waals surface area (Å²) >= 11 is 0. The van der Waals surface area contributed by atoms with Gasteiger partial charge in [0.05, 0.1) is 6.54 Å². The smallest absolute Gasteiger partial charge is 0.225 e. The molecule has 0 aliphatic heterocycles. The minimum absolute atomic E-state index is 0.0730. The van der Waals surface area contributed by atoms with Gasteiger partial charge in [0.2, 0.25) is 5.91 Å². The van der Waals surface area contributed by atoms with E-state index in [0.29, 0.717) is 38.4 Å². The van der Waals surface area contributed by atoms with E-state index < -0.39 is 0 Å². The Kier molecular flexibility index (Phi) is 7.25. The number of rotatable bonds is 6. The van der Waals surface area contributed by atoms with E-state index in [1.54, 1.807) is 18.3 Å². The van der Waals surface area contributed by atoms with Crippen molar-refractivity contribution in [2.45, 2.75) is 19.8 Å². The lowest BCUT2D eigenvalue weighted by molar-refractivity contribution is -0.116. The Balaban J connectivity index is 2.45. The molecular formula is C14H19N3O2. The molecular weight excluding hydrogens is 242 g/mol. The van der Waals surface area contributed by atoms with Crippen LogP contribution < -0.4 is 11.1 Å². The Morgan fingerprint density at radius 1 is 1.58 bits per heavy atom. The first-order valence-corrected chi connectivity index (χ1v) is 6.29. The van der Waals surface area contributed by atoms with Crippen molar-refractivity contribution in [2.75, 3.05) is 25.1 Å². The monoisotopic (exact) mass is 261 g/mol. The third-order valence-electron chi connectivity index (χ3n) is 2.26. The highest BCUT2D eigenvalue weighted by atomic mass is 16.5. The molecule has 0 saturated heterocycles. The largest absolute Gasteiger partial charge is 0.382 e. The van der Waals surface area contributed by atoms with Gasteiger partial charge in [0.15, 0.2) is 0 Å². The molecule has 0 spiro atoms. The van der Waals surface area contributed by atoms with Crippen molar-refractivity contribution < 1.29 is 9.53 Å². The van der Waals surface area contributed by atoms with E-state index in [2.05, 4.69) is 22.1 Å². The molecule has 0 aliphatic rings. The Morgan fingerprint density at radius 3 is 3.16 bits per heavy atom. The van der Waals surface area contributed by atoms with Gasteiger partial charge in [-0.05, 0) is 25.5 Å². The van der Waals surface area contributed by atoms with E-state index in [9.17, 15) is 4.79 Å². The van der Waals surface area contributed by atoms with Gasteiger partial charge in [0.1, 0.15) is 5.82 Å². The predicted octanol–water partition coefficient (Wildman–Crippen LogP) is 1.15. The molecule has 102 valence electrons. The van der Waals surface area contributed by atoms with Crippen LogP contribution >= 0.6 is 0 Å². The average Bonchev–Trinajstić information content (AvgIpc) is 2.42. The maximum Gasteiger partial charge on any atom is 0.225 e. The molecule has 0 saturated carbocycles. The van der Waals surface area contributed by atoms with E-state index in [4.69, 9.17) is 10.5 Å². The zero-order valence-electron chi connectivity index (χ0n) is 11.1. The third-order valence-corrected chi connectivity index (χ3v) is 2.26. The topological polar surface area (TPSA) is 77.2 Å². The molecule has 0 bridgehead atoms. The van der Waals surface area contributed by atoms with Crippen molar-refractivity contribution in [1.82, 2.24) is 4.98 Å².